The molecular formula is C14H24N4. The van der Waals surface area contributed by atoms with E-state index in [-0.39, 0.29) is 0 Å². The summed E-state index contributed by atoms with van der Waals surface area (Å²) in [5.41, 5.74) is 7.71. The van der Waals surface area contributed by atoms with E-state index in [1.165, 1.54) is 19.5 Å². The van der Waals surface area contributed by atoms with E-state index in [0.717, 1.165) is 30.4 Å². The van der Waals surface area contributed by atoms with Crippen LogP contribution in [0.3, 0.4) is 0 Å². The van der Waals surface area contributed by atoms with Crippen molar-refractivity contribution in [2.45, 2.75) is 19.5 Å². The maximum absolute atomic E-state index is 5.62. The molecule has 1 aromatic rings. The number of nitrogens with two attached hydrogens (primary N) is 1. The fourth-order valence-corrected chi connectivity index (χ4v) is 2.69. The third-order valence-corrected chi connectivity index (χ3v) is 3.56. The molecule has 2 N–H and O–H groups in total. The molecule has 0 aliphatic carbocycles. The Bertz CT molecular complexity index is 380. The van der Waals surface area contributed by atoms with Crippen molar-refractivity contribution in [1.82, 2.24) is 14.8 Å². The second-order valence-electron chi connectivity index (χ2n) is 5.44. The fraction of sp³-hybridized carbons (Fsp3) is 0.643. The second kappa shape index (κ2) is 6.27. The zero-order chi connectivity index (χ0) is 13.0. The van der Waals surface area contributed by atoms with Crippen LogP contribution in [0.4, 0.5) is 0 Å². The largest absolute Gasteiger partial charge is 0.325 e. The Hall–Kier alpha value is -0.970. The highest BCUT2D eigenvalue weighted by molar-refractivity contribution is 5.10. The first-order valence-corrected chi connectivity index (χ1v) is 6.69. The Morgan fingerprint density at radius 2 is 2.22 bits per heavy atom. The predicted octanol–water partition coefficient (Wildman–Crippen LogP) is 0.924. The number of aromatic nitrogens is 1. The molecule has 1 aromatic heterocycles. The molecule has 0 spiro atoms. The molecule has 18 heavy (non-hydrogen) atoms. The van der Waals surface area contributed by atoms with Crippen molar-refractivity contribution in [3.05, 3.63) is 29.6 Å². The minimum Gasteiger partial charge on any atom is -0.325 e. The van der Waals surface area contributed by atoms with Gasteiger partial charge in [0.25, 0.3) is 0 Å². The minimum absolute atomic E-state index is 0.519. The predicted molar refractivity (Wildman–Crippen MR) is 74.1 cm³/mol. The van der Waals surface area contributed by atoms with Crippen LogP contribution in [0, 0.1) is 5.92 Å². The van der Waals surface area contributed by atoms with Gasteiger partial charge in [0.15, 0.2) is 0 Å². The van der Waals surface area contributed by atoms with Crippen LogP contribution in [-0.2, 0) is 13.1 Å². The van der Waals surface area contributed by atoms with E-state index in [9.17, 15) is 0 Å². The topological polar surface area (TPSA) is 45.4 Å². The van der Waals surface area contributed by atoms with Crippen molar-refractivity contribution in [1.29, 1.82) is 0 Å². The van der Waals surface area contributed by atoms with Crippen LogP contribution in [0.1, 0.15) is 17.8 Å². The lowest BCUT2D eigenvalue weighted by Gasteiger charge is -2.20. The summed E-state index contributed by atoms with van der Waals surface area (Å²) in [7, 11) is 4.38. The summed E-state index contributed by atoms with van der Waals surface area (Å²) in [5, 5.41) is 0. The Morgan fingerprint density at radius 1 is 1.44 bits per heavy atom. The number of likely N-dealkylation sites (tertiary alicyclic amines) is 1. The number of hydrogen-bond donors (Lipinski definition) is 1. The molecule has 1 aliphatic heterocycles. The molecule has 0 aromatic carbocycles. The van der Waals surface area contributed by atoms with E-state index in [4.69, 9.17) is 5.73 Å². The molecular weight excluding hydrogens is 224 g/mol. The third-order valence-electron chi connectivity index (χ3n) is 3.56. The lowest BCUT2D eigenvalue weighted by atomic mass is 10.1. The average Bonchev–Trinajstić information content (AvgIpc) is 2.74. The second-order valence-corrected chi connectivity index (χ2v) is 5.44. The molecule has 100 valence electrons. The summed E-state index contributed by atoms with van der Waals surface area (Å²) in [6, 6.07) is 6.10. The Kier molecular flexibility index (Phi) is 4.69. The Labute approximate surface area is 110 Å². The molecule has 1 atom stereocenters. The van der Waals surface area contributed by atoms with Crippen molar-refractivity contribution in [3.8, 4) is 0 Å². The van der Waals surface area contributed by atoms with Crippen LogP contribution in [0.2, 0.25) is 0 Å². The zero-order valence-corrected chi connectivity index (χ0v) is 11.5. The van der Waals surface area contributed by atoms with Gasteiger partial charge in [0.2, 0.25) is 0 Å². The molecule has 1 aliphatic rings. The van der Waals surface area contributed by atoms with E-state index < -0.39 is 0 Å². The number of nitrogens with zero attached hydrogens (tertiary/aromatic N) is 3. The van der Waals surface area contributed by atoms with Crippen LogP contribution < -0.4 is 5.73 Å². The van der Waals surface area contributed by atoms with Gasteiger partial charge in [-0.05, 0) is 45.1 Å². The molecule has 0 amide bonds. The normalized spacial score (nSPS) is 20.8. The van der Waals surface area contributed by atoms with Gasteiger partial charge in [-0.15, -0.1) is 0 Å². The van der Waals surface area contributed by atoms with Crippen LogP contribution in [0.25, 0.3) is 0 Å². The van der Waals surface area contributed by atoms with Crippen LogP contribution in [-0.4, -0.2) is 48.5 Å². The van der Waals surface area contributed by atoms with Crippen molar-refractivity contribution in [3.63, 3.8) is 0 Å². The monoisotopic (exact) mass is 248 g/mol. The van der Waals surface area contributed by atoms with Crippen LogP contribution in [0.5, 0.6) is 0 Å². The van der Waals surface area contributed by atoms with Crippen molar-refractivity contribution < 1.29 is 0 Å². The zero-order valence-electron chi connectivity index (χ0n) is 11.5. The summed E-state index contributed by atoms with van der Waals surface area (Å²) < 4.78 is 0. The average molecular weight is 248 g/mol. The van der Waals surface area contributed by atoms with Gasteiger partial charge in [0, 0.05) is 26.2 Å². The summed E-state index contributed by atoms with van der Waals surface area (Å²) in [6.07, 6.45) is 1.32. The SMILES string of the molecule is CN1CCC(CN(C)Cc2cccc(CN)n2)C1. The summed E-state index contributed by atoms with van der Waals surface area (Å²) in [6.45, 7) is 5.04. The van der Waals surface area contributed by atoms with E-state index in [2.05, 4.69) is 34.9 Å². The first kappa shape index (κ1) is 13.5. The quantitative estimate of drug-likeness (QED) is 0.842. The molecule has 2 heterocycles. The molecule has 1 fully saturated rings. The van der Waals surface area contributed by atoms with Crippen molar-refractivity contribution >= 4 is 0 Å². The summed E-state index contributed by atoms with van der Waals surface area (Å²) in [4.78, 5) is 9.32. The fourth-order valence-electron chi connectivity index (χ4n) is 2.69. The Morgan fingerprint density at radius 3 is 2.89 bits per heavy atom. The van der Waals surface area contributed by atoms with Gasteiger partial charge >= 0.3 is 0 Å². The molecule has 0 bridgehead atoms. The maximum atomic E-state index is 5.62. The van der Waals surface area contributed by atoms with E-state index in [0.29, 0.717) is 6.54 Å². The van der Waals surface area contributed by atoms with Crippen molar-refractivity contribution in [2.75, 3.05) is 33.7 Å². The molecule has 4 nitrogen and oxygen atoms in total. The van der Waals surface area contributed by atoms with Gasteiger partial charge in [-0.25, -0.2) is 0 Å². The molecule has 0 radical (unpaired) electrons. The van der Waals surface area contributed by atoms with Gasteiger partial charge < -0.3 is 15.5 Å². The first-order chi connectivity index (χ1) is 8.67. The number of rotatable bonds is 5. The van der Waals surface area contributed by atoms with Crippen LogP contribution >= 0.6 is 0 Å². The maximum Gasteiger partial charge on any atom is 0.0547 e. The molecule has 1 unspecified atom stereocenters. The number of hydrogen-bond acceptors (Lipinski definition) is 4. The molecule has 4 heteroatoms. The van der Waals surface area contributed by atoms with Gasteiger partial charge in [-0.2, -0.15) is 0 Å². The summed E-state index contributed by atoms with van der Waals surface area (Å²) >= 11 is 0. The van der Waals surface area contributed by atoms with Gasteiger partial charge in [-0.3, -0.25) is 4.98 Å². The smallest absolute Gasteiger partial charge is 0.0547 e. The van der Waals surface area contributed by atoms with E-state index >= 15 is 0 Å². The highest BCUT2D eigenvalue weighted by atomic mass is 15.2. The van der Waals surface area contributed by atoms with Crippen LogP contribution in [0.15, 0.2) is 18.2 Å². The van der Waals surface area contributed by atoms with Gasteiger partial charge in [0.05, 0.1) is 11.4 Å². The molecule has 2 rings (SSSR count). The highest BCUT2D eigenvalue weighted by Crippen LogP contribution is 2.15. The van der Waals surface area contributed by atoms with Gasteiger partial charge in [-0.1, -0.05) is 6.07 Å². The molecule has 0 saturated carbocycles. The van der Waals surface area contributed by atoms with Crippen molar-refractivity contribution in [2.24, 2.45) is 11.7 Å². The van der Waals surface area contributed by atoms with E-state index in [1.54, 1.807) is 0 Å². The standard InChI is InChI=1S/C14H24N4/c1-17-7-6-12(9-17)10-18(2)11-14-5-3-4-13(8-15)16-14/h3-5,12H,6-11,15H2,1-2H3. The number of pyridine rings is 1. The lowest BCUT2D eigenvalue weighted by molar-refractivity contribution is 0.264. The summed E-state index contributed by atoms with van der Waals surface area (Å²) in [5.74, 6) is 0.803. The third kappa shape index (κ3) is 3.77. The minimum atomic E-state index is 0.519. The van der Waals surface area contributed by atoms with Gasteiger partial charge in [0.1, 0.15) is 0 Å². The molecule has 1 saturated heterocycles. The first-order valence-electron chi connectivity index (χ1n) is 6.69. The lowest BCUT2D eigenvalue weighted by Crippen LogP contribution is -2.27. The Balaban J connectivity index is 1.84. The highest BCUT2D eigenvalue weighted by Gasteiger charge is 2.20. The van der Waals surface area contributed by atoms with E-state index in [1.807, 2.05) is 12.1 Å².